The molecule has 0 aliphatic carbocycles. The molecule has 0 spiro atoms. The highest BCUT2D eigenvalue weighted by Gasteiger charge is 2.15. The number of aromatic nitrogens is 1. The first-order valence-corrected chi connectivity index (χ1v) is 8.42. The lowest BCUT2D eigenvalue weighted by Crippen LogP contribution is -2.42. The van der Waals surface area contributed by atoms with Crippen LogP contribution in [0.1, 0.15) is 0 Å². The van der Waals surface area contributed by atoms with Crippen LogP contribution in [0.4, 0.5) is 5.13 Å². The lowest BCUT2D eigenvalue weighted by molar-refractivity contribution is 0.0171. The van der Waals surface area contributed by atoms with Crippen LogP contribution in [0.3, 0.4) is 0 Å². The number of aliphatic hydroxyl groups excluding tert-OH is 1. The molecule has 1 fully saturated rings. The number of thiazole rings is 1. The van der Waals surface area contributed by atoms with Gasteiger partial charge in [0.1, 0.15) is 0 Å². The second kappa shape index (κ2) is 7.69. The maximum atomic E-state index is 10.1. The zero-order chi connectivity index (χ0) is 15.2. The topological polar surface area (TPSA) is 57.6 Å². The third-order valence-corrected chi connectivity index (χ3v) is 4.44. The van der Waals surface area contributed by atoms with Gasteiger partial charge in [0.2, 0.25) is 0 Å². The molecule has 0 amide bonds. The Morgan fingerprint density at radius 2 is 2.05 bits per heavy atom. The van der Waals surface area contributed by atoms with E-state index in [1.807, 2.05) is 35.7 Å². The highest BCUT2D eigenvalue weighted by atomic mass is 32.1. The third-order valence-electron chi connectivity index (χ3n) is 3.64. The lowest BCUT2D eigenvalue weighted by atomic mass is 10.2. The predicted molar refractivity (Wildman–Crippen MR) is 89.3 cm³/mol. The van der Waals surface area contributed by atoms with E-state index in [1.165, 1.54) is 0 Å². The fourth-order valence-electron chi connectivity index (χ4n) is 2.45. The summed E-state index contributed by atoms with van der Waals surface area (Å²) in [6.07, 6.45) is -0.401. The molecular formula is C16H21N3O2S. The molecule has 1 aliphatic rings. The number of hydrogen-bond acceptors (Lipinski definition) is 6. The number of ether oxygens (including phenoxy) is 1. The van der Waals surface area contributed by atoms with Crippen molar-refractivity contribution < 1.29 is 9.84 Å². The Kier molecular flexibility index (Phi) is 5.39. The number of anilines is 1. The van der Waals surface area contributed by atoms with Crippen molar-refractivity contribution in [2.75, 3.05) is 44.7 Å². The van der Waals surface area contributed by atoms with E-state index in [0.29, 0.717) is 13.1 Å². The van der Waals surface area contributed by atoms with Crippen LogP contribution >= 0.6 is 11.3 Å². The summed E-state index contributed by atoms with van der Waals surface area (Å²) in [5, 5.41) is 16.2. The molecule has 6 heteroatoms. The Hall–Kier alpha value is -1.47. The zero-order valence-electron chi connectivity index (χ0n) is 12.4. The molecule has 1 atom stereocenters. The van der Waals surface area contributed by atoms with Crippen LogP contribution in [0.15, 0.2) is 35.7 Å². The molecule has 3 rings (SSSR count). The van der Waals surface area contributed by atoms with Crippen molar-refractivity contribution in [2.45, 2.75) is 6.10 Å². The number of nitrogens with zero attached hydrogens (tertiary/aromatic N) is 2. The average Bonchev–Trinajstić information content (AvgIpc) is 3.04. The van der Waals surface area contributed by atoms with E-state index in [-0.39, 0.29) is 0 Å². The molecule has 2 aromatic rings. The third kappa shape index (κ3) is 4.27. The van der Waals surface area contributed by atoms with Crippen molar-refractivity contribution in [1.29, 1.82) is 0 Å². The Morgan fingerprint density at radius 1 is 1.27 bits per heavy atom. The number of β-amino-alcohol motifs (C(OH)–C–C–N with tert-alkyl or cyclic N) is 1. The van der Waals surface area contributed by atoms with Crippen LogP contribution in [0, 0.1) is 0 Å². The molecule has 5 nitrogen and oxygen atoms in total. The average molecular weight is 319 g/mol. The first-order valence-electron chi connectivity index (χ1n) is 7.54. The van der Waals surface area contributed by atoms with Gasteiger partial charge in [-0.05, 0) is 0 Å². The van der Waals surface area contributed by atoms with E-state index in [9.17, 15) is 5.11 Å². The van der Waals surface area contributed by atoms with Gasteiger partial charge in [-0.25, -0.2) is 4.98 Å². The Bertz CT molecular complexity index is 570. The Morgan fingerprint density at radius 3 is 2.82 bits per heavy atom. The van der Waals surface area contributed by atoms with Crippen LogP contribution in [0.25, 0.3) is 11.3 Å². The maximum absolute atomic E-state index is 10.1. The SMILES string of the molecule is OC(CNc1nc(-c2ccccc2)cs1)CN1CCOCC1. The monoisotopic (exact) mass is 319 g/mol. The van der Waals surface area contributed by atoms with Crippen LogP contribution < -0.4 is 5.32 Å². The van der Waals surface area contributed by atoms with E-state index in [1.54, 1.807) is 11.3 Å². The van der Waals surface area contributed by atoms with E-state index in [4.69, 9.17) is 4.74 Å². The molecule has 118 valence electrons. The number of morpholine rings is 1. The number of hydrogen-bond donors (Lipinski definition) is 2. The number of rotatable bonds is 6. The summed E-state index contributed by atoms with van der Waals surface area (Å²) in [6.45, 7) is 4.49. The maximum Gasteiger partial charge on any atom is 0.183 e. The van der Waals surface area contributed by atoms with Gasteiger partial charge in [0.25, 0.3) is 0 Å². The molecule has 1 aromatic carbocycles. The summed E-state index contributed by atoms with van der Waals surface area (Å²) in [4.78, 5) is 6.79. The minimum Gasteiger partial charge on any atom is -0.390 e. The van der Waals surface area contributed by atoms with Gasteiger partial charge in [-0.2, -0.15) is 0 Å². The van der Waals surface area contributed by atoms with E-state index >= 15 is 0 Å². The molecule has 1 saturated heterocycles. The Balaban J connectivity index is 1.48. The molecule has 0 bridgehead atoms. The van der Waals surface area contributed by atoms with Gasteiger partial charge in [0.05, 0.1) is 25.0 Å². The van der Waals surface area contributed by atoms with Gasteiger partial charge in [-0.3, -0.25) is 4.90 Å². The quantitative estimate of drug-likeness (QED) is 0.852. The first-order chi connectivity index (χ1) is 10.8. The zero-order valence-corrected chi connectivity index (χ0v) is 13.3. The highest BCUT2D eigenvalue weighted by molar-refractivity contribution is 7.14. The number of nitrogens with one attached hydrogen (secondary N) is 1. The second-order valence-electron chi connectivity index (χ2n) is 5.35. The van der Waals surface area contributed by atoms with Gasteiger partial charge in [0, 0.05) is 37.1 Å². The molecule has 1 unspecified atom stereocenters. The number of benzene rings is 1. The summed E-state index contributed by atoms with van der Waals surface area (Å²) in [6, 6.07) is 10.1. The van der Waals surface area contributed by atoms with Crippen LogP contribution in [-0.4, -0.2) is 60.5 Å². The molecule has 1 aromatic heterocycles. The fraction of sp³-hybridized carbons (Fsp3) is 0.438. The summed E-state index contributed by atoms with van der Waals surface area (Å²) in [5.41, 5.74) is 2.08. The standard InChI is InChI=1S/C16H21N3O2S/c20-14(11-19-6-8-21-9-7-19)10-17-16-18-15(12-22-16)13-4-2-1-3-5-13/h1-5,12,14,20H,6-11H2,(H,17,18). The van der Waals surface area contributed by atoms with Gasteiger partial charge in [-0.15, -0.1) is 11.3 Å². The van der Waals surface area contributed by atoms with Crippen molar-refractivity contribution in [1.82, 2.24) is 9.88 Å². The minimum absolute atomic E-state index is 0.401. The van der Waals surface area contributed by atoms with Crippen molar-refractivity contribution in [3.8, 4) is 11.3 Å². The first kappa shape index (κ1) is 15.4. The van der Waals surface area contributed by atoms with Gasteiger partial charge < -0.3 is 15.2 Å². The normalized spacial score (nSPS) is 17.3. The van der Waals surface area contributed by atoms with Crippen molar-refractivity contribution in [3.05, 3.63) is 35.7 Å². The van der Waals surface area contributed by atoms with Gasteiger partial charge in [0.15, 0.2) is 5.13 Å². The van der Waals surface area contributed by atoms with Gasteiger partial charge >= 0.3 is 0 Å². The summed E-state index contributed by atoms with van der Waals surface area (Å²) < 4.78 is 5.31. The van der Waals surface area contributed by atoms with Gasteiger partial charge in [-0.1, -0.05) is 30.3 Å². The van der Waals surface area contributed by atoms with E-state index in [0.717, 1.165) is 42.7 Å². The smallest absolute Gasteiger partial charge is 0.183 e. The van der Waals surface area contributed by atoms with Crippen LogP contribution in [0.2, 0.25) is 0 Å². The molecule has 1 aliphatic heterocycles. The predicted octanol–water partition coefficient (Wildman–Crippen LogP) is 1.92. The highest BCUT2D eigenvalue weighted by Crippen LogP contribution is 2.24. The van der Waals surface area contributed by atoms with Crippen LogP contribution in [0.5, 0.6) is 0 Å². The minimum atomic E-state index is -0.401. The fourth-order valence-corrected chi connectivity index (χ4v) is 3.18. The summed E-state index contributed by atoms with van der Waals surface area (Å²) in [5.74, 6) is 0. The molecule has 0 saturated carbocycles. The van der Waals surface area contributed by atoms with Crippen LogP contribution in [-0.2, 0) is 4.74 Å². The van der Waals surface area contributed by atoms with E-state index < -0.39 is 6.10 Å². The van der Waals surface area contributed by atoms with Crippen molar-refractivity contribution >= 4 is 16.5 Å². The largest absolute Gasteiger partial charge is 0.390 e. The summed E-state index contributed by atoms with van der Waals surface area (Å²) in [7, 11) is 0. The molecule has 0 radical (unpaired) electrons. The van der Waals surface area contributed by atoms with Crippen molar-refractivity contribution in [2.24, 2.45) is 0 Å². The van der Waals surface area contributed by atoms with Crippen molar-refractivity contribution in [3.63, 3.8) is 0 Å². The Labute approximate surface area is 134 Å². The lowest BCUT2D eigenvalue weighted by Gasteiger charge is -2.28. The summed E-state index contributed by atoms with van der Waals surface area (Å²) >= 11 is 1.57. The molecular weight excluding hydrogens is 298 g/mol. The molecule has 2 N–H and O–H groups in total. The second-order valence-corrected chi connectivity index (χ2v) is 6.21. The molecule has 22 heavy (non-hydrogen) atoms. The molecule has 2 heterocycles. The number of aliphatic hydroxyl groups is 1. The van der Waals surface area contributed by atoms with E-state index in [2.05, 4.69) is 15.2 Å².